The lowest BCUT2D eigenvalue weighted by Gasteiger charge is -2.15. The number of hydrogen-bond acceptors (Lipinski definition) is 5. The molecule has 1 N–H and O–H groups in total. The Bertz CT molecular complexity index is 518. The van der Waals surface area contributed by atoms with Gasteiger partial charge in [-0.15, -0.1) is 0 Å². The number of aromatic nitrogens is 2. The third kappa shape index (κ3) is 4.21. The highest BCUT2D eigenvalue weighted by Crippen LogP contribution is 2.14. The molecular formula is C12H19ClN4O3. The fraction of sp³-hybridized carbons (Fsp3) is 0.583. The van der Waals surface area contributed by atoms with E-state index in [0.29, 0.717) is 25.4 Å². The van der Waals surface area contributed by atoms with E-state index >= 15 is 0 Å². The quantitative estimate of drug-likeness (QED) is 0.790. The molecular weight excluding hydrogens is 284 g/mol. The number of carbonyl (C=O) groups is 1. The summed E-state index contributed by atoms with van der Waals surface area (Å²) in [5.41, 5.74) is -0.0619. The zero-order valence-corrected chi connectivity index (χ0v) is 12.6. The average Bonchev–Trinajstić information content (AvgIpc) is 2.46. The van der Waals surface area contributed by atoms with Crippen LogP contribution in [0.15, 0.2) is 11.0 Å². The zero-order chi connectivity index (χ0) is 15.1. The van der Waals surface area contributed by atoms with Crippen molar-refractivity contribution in [3.63, 3.8) is 0 Å². The predicted octanol–water partition coefficient (Wildman–Crippen LogP) is 0.433. The first-order valence-corrected chi connectivity index (χ1v) is 6.61. The summed E-state index contributed by atoms with van der Waals surface area (Å²) in [5.74, 6) is -0.0906. The summed E-state index contributed by atoms with van der Waals surface area (Å²) in [4.78, 5) is 25.1. The van der Waals surface area contributed by atoms with Crippen LogP contribution in [0.5, 0.6) is 0 Å². The van der Waals surface area contributed by atoms with E-state index in [4.69, 9.17) is 16.3 Å². The Hall–Kier alpha value is -1.60. The van der Waals surface area contributed by atoms with Gasteiger partial charge in [-0.3, -0.25) is 9.59 Å². The van der Waals surface area contributed by atoms with Crippen molar-refractivity contribution in [2.45, 2.75) is 13.5 Å². The second-order valence-corrected chi connectivity index (χ2v) is 4.53. The molecule has 0 saturated carbocycles. The molecule has 0 bridgehead atoms. The number of nitrogens with one attached hydrogen (secondary N) is 1. The van der Waals surface area contributed by atoms with Crippen molar-refractivity contribution in [3.8, 4) is 0 Å². The predicted molar refractivity (Wildman–Crippen MR) is 77.2 cm³/mol. The van der Waals surface area contributed by atoms with Crippen LogP contribution < -0.4 is 10.9 Å². The molecule has 20 heavy (non-hydrogen) atoms. The van der Waals surface area contributed by atoms with Gasteiger partial charge in [-0.2, -0.15) is 5.10 Å². The molecule has 112 valence electrons. The highest BCUT2D eigenvalue weighted by molar-refractivity contribution is 6.33. The van der Waals surface area contributed by atoms with Crippen molar-refractivity contribution in [1.29, 1.82) is 0 Å². The van der Waals surface area contributed by atoms with E-state index in [-0.39, 0.29) is 17.5 Å². The minimum absolute atomic E-state index is 0.0167. The van der Waals surface area contributed by atoms with E-state index in [1.54, 1.807) is 19.1 Å². The van der Waals surface area contributed by atoms with Gasteiger partial charge in [-0.25, -0.2) is 4.68 Å². The van der Waals surface area contributed by atoms with E-state index in [0.717, 1.165) is 0 Å². The van der Waals surface area contributed by atoms with Gasteiger partial charge in [0.15, 0.2) is 0 Å². The third-order valence-corrected chi connectivity index (χ3v) is 3.19. The number of methoxy groups -OCH3 is 1. The molecule has 0 aliphatic heterocycles. The maximum absolute atomic E-state index is 11.9. The lowest BCUT2D eigenvalue weighted by atomic mass is 10.4. The number of rotatable bonds is 7. The average molecular weight is 303 g/mol. The number of likely N-dealkylation sites (N-methyl/N-ethyl adjacent to an activating group) is 1. The molecule has 1 amide bonds. The van der Waals surface area contributed by atoms with Crippen molar-refractivity contribution < 1.29 is 9.53 Å². The van der Waals surface area contributed by atoms with E-state index in [2.05, 4.69) is 10.4 Å². The maximum Gasteiger partial charge on any atom is 0.287 e. The van der Waals surface area contributed by atoms with Gasteiger partial charge in [0, 0.05) is 20.7 Å². The van der Waals surface area contributed by atoms with Crippen LogP contribution in [0.1, 0.15) is 6.92 Å². The minimum atomic E-state index is -0.412. The van der Waals surface area contributed by atoms with E-state index < -0.39 is 5.56 Å². The van der Waals surface area contributed by atoms with Gasteiger partial charge < -0.3 is 15.0 Å². The van der Waals surface area contributed by atoms with E-state index in [9.17, 15) is 9.59 Å². The van der Waals surface area contributed by atoms with Crippen LogP contribution in [0.4, 0.5) is 5.69 Å². The molecule has 7 nitrogen and oxygen atoms in total. The Morgan fingerprint density at radius 1 is 1.60 bits per heavy atom. The fourth-order valence-electron chi connectivity index (χ4n) is 1.41. The normalized spacial score (nSPS) is 10.4. The molecule has 0 unspecified atom stereocenters. The second-order valence-electron chi connectivity index (χ2n) is 4.15. The lowest BCUT2D eigenvalue weighted by Crippen LogP contribution is -2.32. The molecule has 1 rings (SSSR count). The number of nitrogens with zero attached hydrogens (tertiary/aromatic N) is 3. The van der Waals surface area contributed by atoms with Crippen molar-refractivity contribution >= 4 is 23.2 Å². The first kappa shape index (κ1) is 16.5. The molecule has 0 atom stereocenters. The minimum Gasteiger partial charge on any atom is -0.383 e. The Morgan fingerprint density at radius 2 is 2.30 bits per heavy atom. The first-order chi connectivity index (χ1) is 9.51. The summed E-state index contributed by atoms with van der Waals surface area (Å²) in [6, 6.07) is 0. The summed E-state index contributed by atoms with van der Waals surface area (Å²) in [6.07, 6.45) is 1.43. The largest absolute Gasteiger partial charge is 0.383 e. The standard InChI is InChI=1S/C12H19ClN4O3/c1-4-16(2)10(18)8-14-9-7-15-17(5-6-20-3)12(19)11(9)13/h7,14H,4-6,8H2,1-3H3. The van der Waals surface area contributed by atoms with E-state index in [1.165, 1.54) is 10.9 Å². The number of amides is 1. The molecule has 0 fully saturated rings. The van der Waals surface area contributed by atoms with Crippen molar-refractivity contribution in [3.05, 3.63) is 21.6 Å². The van der Waals surface area contributed by atoms with Crippen LogP contribution in [-0.4, -0.2) is 54.4 Å². The van der Waals surface area contributed by atoms with Gasteiger partial charge in [0.05, 0.1) is 31.6 Å². The topological polar surface area (TPSA) is 76.5 Å². The molecule has 0 spiro atoms. The summed E-state index contributed by atoms with van der Waals surface area (Å²) in [6.45, 7) is 3.25. The molecule has 0 aliphatic carbocycles. The van der Waals surface area contributed by atoms with Crippen LogP contribution >= 0.6 is 11.6 Å². The highest BCUT2D eigenvalue weighted by Gasteiger charge is 2.11. The molecule has 1 heterocycles. The number of halogens is 1. The van der Waals surface area contributed by atoms with Gasteiger partial charge in [0.2, 0.25) is 5.91 Å². The van der Waals surface area contributed by atoms with E-state index in [1.807, 2.05) is 6.92 Å². The maximum atomic E-state index is 11.9. The Labute approximate surface area is 122 Å². The molecule has 0 aliphatic rings. The monoisotopic (exact) mass is 302 g/mol. The smallest absolute Gasteiger partial charge is 0.287 e. The van der Waals surface area contributed by atoms with Crippen molar-refractivity contribution in [1.82, 2.24) is 14.7 Å². The number of hydrogen-bond donors (Lipinski definition) is 1. The van der Waals surface area contributed by atoms with Gasteiger partial charge in [0.1, 0.15) is 5.02 Å². The highest BCUT2D eigenvalue weighted by atomic mass is 35.5. The molecule has 8 heteroatoms. The fourth-order valence-corrected chi connectivity index (χ4v) is 1.62. The number of ether oxygens (including phenoxy) is 1. The molecule has 0 saturated heterocycles. The van der Waals surface area contributed by atoms with Gasteiger partial charge in [-0.1, -0.05) is 11.6 Å². The second kappa shape index (κ2) is 7.86. The van der Waals surface area contributed by atoms with Crippen LogP contribution in [0.3, 0.4) is 0 Å². The Morgan fingerprint density at radius 3 is 2.90 bits per heavy atom. The van der Waals surface area contributed by atoms with Gasteiger partial charge >= 0.3 is 0 Å². The van der Waals surface area contributed by atoms with Crippen LogP contribution in [0.2, 0.25) is 5.02 Å². The van der Waals surface area contributed by atoms with Crippen molar-refractivity contribution in [2.75, 3.05) is 39.2 Å². The third-order valence-electron chi connectivity index (χ3n) is 2.82. The first-order valence-electron chi connectivity index (χ1n) is 6.23. The van der Waals surface area contributed by atoms with Crippen LogP contribution in [0, 0.1) is 0 Å². The van der Waals surface area contributed by atoms with Gasteiger partial charge in [-0.05, 0) is 6.92 Å². The molecule has 1 aromatic rings. The van der Waals surface area contributed by atoms with Crippen LogP contribution in [-0.2, 0) is 16.1 Å². The lowest BCUT2D eigenvalue weighted by molar-refractivity contribution is -0.127. The summed E-state index contributed by atoms with van der Waals surface area (Å²) < 4.78 is 6.10. The van der Waals surface area contributed by atoms with Crippen molar-refractivity contribution in [2.24, 2.45) is 0 Å². The Kier molecular flexibility index (Phi) is 6.47. The summed E-state index contributed by atoms with van der Waals surface area (Å²) in [7, 11) is 3.24. The molecule has 1 aromatic heterocycles. The number of anilines is 1. The summed E-state index contributed by atoms with van der Waals surface area (Å²) >= 11 is 5.97. The van der Waals surface area contributed by atoms with Crippen LogP contribution in [0.25, 0.3) is 0 Å². The Balaban J connectivity index is 2.75. The molecule has 0 aromatic carbocycles. The summed E-state index contributed by atoms with van der Waals surface area (Å²) in [5, 5.41) is 6.81. The molecule has 0 radical (unpaired) electrons. The SMILES string of the molecule is CCN(C)C(=O)CNc1cnn(CCOC)c(=O)c1Cl. The van der Waals surface area contributed by atoms with Gasteiger partial charge in [0.25, 0.3) is 5.56 Å². The zero-order valence-electron chi connectivity index (χ0n) is 11.9. The number of carbonyl (C=O) groups excluding carboxylic acids is 1.